The Kier molecular flexibility index (Phi) is 4.43. The quantitative estimate of drug-likeness (QED) is 0.909. The monoisotopic (exact) mass is 301 g/mol. The van der Waals surface area contributed by atoms with Crippen molar-refractivity contribution in [2.24, 2.45) is 0 Å². The number of likely N-dealkylation sites (tertiary alicyclic amines) is 1. The van der Waals surface area contributed by atoms with Crippen LogP contribution in [0.3, 0.4) is 0 Å². The van der Waals surface area contributed by atoms with E-state index in [-0.39, 0.29) is 11.8 Å². The van der Waals surface area contributed by atoms with E-state index in [0.717, 1.165) is 31.6 Å². The molecule has 22 heavy (non-hydrogen) atoms. The van der Waals surface area contributed by atoms with Crippen LogP contribution < -0.4 is 5.32 Å². The van der Waals surface area contributed by atoms with Crippen molar-refractivity contribution < 1.29 is 9.32 Å². The molecule has 7 nitrogen and oxygen atoms in total. The topological polar surface area (TPSA) is 84.2 Å². The molecule has 116 valence electrons. The van der Waals surface area contributed by atoms with Gasteiger partial charge in [-0.25, -0.2) is 0 Å². The van der Waals surface area contributed by atoms with Crippen LogP contribution in [-0.2, 0) is 4.79 Å². The predicted octanol–water partition coefficient (Wildman–Crippen LogP) is 1.06. The zero-order valence-electron chi connectivity index (χ0n) is 12.5. The van der Waals surface area contributed by atoms with E-state index < -0.39 is 0 Å². The van der Waals surface area contributed by atoms with E-state index in [4.69, 9.17) is 4.52 Å². The van der Waals surface area contributed by atoms with Crippen molar-refractivity contribution in [1.29, 1.82) is 0 Å². The van der Waals surface area contributed by atoms with Gasteiger partial charge in [-0.2, -0.15) is 4.98 Å². The van der Waals surface area contributed by atoms with E-state index >= 15 is 0 Å². The van der Waals surface area contributed by atoms with E-state index in [1.807, 2.05) is 18.2 Å². The molecule has 0 atom stereocenters. The molecule has 0 spiro atoms. The number of carbonyl (C=O) groups excluding carboxylic acids is 1. The number of aromatic nitrogens is 3. The van der Waals surface area contributed by atoms with E-state index in [0.29, 0.717) is 18.3 Å². The summed E-state index contributed by atoms with van der Waals surface area (Å²) in [7, 11) is 1.66. The Hall–Kier alpha value is -2.28. The average molecular weight is 301 g/mol. The second-order valence-electron chi connectivity index (χ2n) is 5.39. The average Bonchev–Trinajstić information content (AvgIpc) is 3.06. The fraction of sp³-hybridized carbons (Fsp3) is 0.467. The summed E-state index contributed by atoms with van der Waals surface area (Å²) in [5.74, 6) is 1.50. The molecule has 0 radical (unpaired) electrons. The molecule has 1 aliphatic rings. The molecule has 7 heteroatoms. The van der Waals surface area contributed by atoms with Gasteiger partial charge in [-0.3, -0.25) is 14.7 Å². The Morgan fingerprint density at radius 1 is 1.41 bits per heavy atom. The third kappa shape index (κ3) is 3.30. The number of hydrogen-bond acceptors (Lipinski definition) is 6. The fourth-order valence-corrected chi connectivity index (χ4v) is 2.62. The van der Waals surface area contributed by atoms with Crippen LogP contribution in [0.4, 0.5) is 0 Å². The minimum atomic E-state index is 0.0497. The molecule has 2 aromatic heterocycles. The molecule has 1 saturated heterocycles. The number of nitrogens with zero attached hydrogens (tertiary/aromatic N) is 4. The maximum Gasteiger partial charge on any atom is 0.233 e. The summed E-state index contributed by atoms with van der Waals surface area (Å²) in [6, 6.07) is 5.61. The Morgan fingerprint density at radius 2 is 2.23 bits per heavy atom. The maximum absolute atomic E-state index is 11.4. The summed E-state index contributed by atoms with van der Waals surface area (Å²) in [5.41, 5.74) is 0.717. The predicted molar refractivity (Wildman–Crippen MR) is 80.0 cm³/mol. The van der Waals surface area contributed by atoms with Gasteiger partial charge in [-0.1, -0.05) is 11.2 Å². The number of hydrogen-bond donors (Lipinski definition) is 1. The summed E-state index contributed by atoms with van der Waals surface area (Å²) in [6.45, 7) is 2.17. The first-order chi connectivity index (χ1) is 10.8. The highest BCUT2D eigenvalue weighted by Crippen LogP contribution is 2.27. The van der Waals surface area contributed by atoms with Crippen LogP contribution in [-0.4, -0.2) is 52.6 Å². The van der Waals surface area contributed by atoms with Gasteiger partial charge in [0.25, 0.3) is 0 Å². The van der Waals surface area contributed by atoms with E-state index in [9.17, 15) is 4.79 Å². The van der Waals surface area contributed by atoms with Crippen LogP contribution in [0.5, 0.6) is 0 Å². The summed E-state index contributed by atoms with van der Waals surface area (Å²) >= 11 is 0. The van der Waals surface area contributed by atoms with Crippen molar-refractivity contribution in [3.05, 3.63) is 30.3 Å². The third-order valence-corrected chi connectivity index (χ3v) is 3.92. The summed E-state index contributed by atoms with van der Waals surface area (Å²) < 4.78 is 5.40. The highest BCUT2D eigenvalue weighted by molar-refractivity contribution is 5.77. The van der Waals surface area contributed by atoms with Gasteiger partial charge in [0.1, 0.15) is 5.69 Å². The molecule has 3 rings (SSSR count). The van der Waals surface area contributed by atoms with Gasteiger partial charge in [0.05, 0.1) is 6.54 Å². The van der Waals surface area contributed by atoms with Crippen LogP contribution in [0.2, 0.25) is 0 Å². The number of likely N-dealkylation sites (N-methyl/N-ethyl adjacent to an activating group) is 1. The maximum atomic E-state index is 11.4. The smallest absolute Gasteiger partial charge is 0.233 e. The van der Waals surface area contributed by atoms with Crippen molar-refractivity contribution in [2.45, 2.75) is 18.8 Å². The van der Waals surface area contributed by atoms with E-state index in [2.05, 4.69) is 25.3 Å². The minimum Gasteiger partial charge on any atom is -0.358 e. The molecule has 1 amide bonds. The first-order valence-corrected chi connectivity index (χ1v) is 7.44. The molecule has 0 saturated carbocycles. The number of piperidine rings is 1. The Morgan fingerprint density at radius 3 is 2.91 bits per heavy atom. The molecule has 2 aromatic rings. The number of rotatable bonds is 4. The molecule has 1 fully saturated rings. The molecular formula is C15H19N5O2. The second-order valence-corrected chi connectivity index (χ2v) is 5.39. The van der Waals surface area contributed by atoms with E-state index in [1.54, 1.807) is 13.2 Å². The molecule has 1 N–H and O–H groups in total. The number of amides is 1. The van der Waals surface area contributed by atoms with Crippen molar-refractivity contribution >= 4 is 5.91 Å². The van der Waals surface area contributed by atoms with Crippen molar-refractivity contribution in [1.82, 2.24) is 25.3 Å². The lowest BCUT2D eigenvalue weighted by atomic mass is 9.97. The van der Waals surface area contributed by atoms with Crippen molar-refractivity contribution in [3.8, 4) is 11.5 Å². The van der Waals surface area contributed by atoms with E-state index in [1.165, 1.54) is 0 Å². The molecule has 0 aliphatic carbocycles. The zero-order valence-corrected chi connectivity index (χ0v) is 12.5. The molecule has 1 aliphatic heterocycles. The van der Waals surface area contributed by atoms with Gasteiger partial charge in [-0.15, -0.1) is 0 Å². The van der Waals surface area contributed by atoms with Gasteiger partial charge < -0.3 is 9.84 Å². The fourth-order valence-electron chi connectivity index (χ4n) is 2.62. The van der Waals surface area contributed by atoms with Crippen LogP contribution in [0.1, 0.15) is 24.7 Å². The van der Waals surface area contributed by atoms with Gasteiger partial charge in [0.15, 0.2) is 0 Å². The third-order valence-electron chi connectivity index (χ3n) is 3.92. The first-order valence-electron chi connectivity index (χ1n) is 7.44. The largest absolute Gasteiger partial charge is 0.358 e. The molecule has 0 unspecified atom stereocenters. The van der Waals surface area contributed by atoms with Gasteiger partial charge in [0, 0.05) is 19.2 Å². The number of nitrogens with one attached hydrogen (secondary N) is 1. The van der Waals surface area contributed by atoms with Crippen molar-refractivity contribution in [3.63, 3.8) is 0 Å². The lowest BCUT2D eigenvalue weighted by Crippen LogP contribution is -2.40. The highest BCUT2D eigenvalue weighted by Gasteiger charge is 2.26. The Balaban J connectivity index is 1.60. The van der Waals surface area contributed by atoms with Gasteiger partial charge in [-0.05, 0) is 38.1 Å². The van der Waals surface area contributed by atoms with Gasteiger partial charge in [0.2, 0.25) is 17.6 Å². The molecular weight excluding hydrogens is 282 g/mol. The van der Waals surface area contributed by atoms with Crippen LogP contribution in [0.25, 0.3) is 11.5 Å². The van der Waals surface area contributed by atoms with Crippen molar-refractivity contribution in [2.75, 3.05) is 26.7 Å². The normalized spacial score (nSPS) is 16.6. The van der Waals surface area contributed by atoms with Crippen LogP contribution in [0, 0.1) is 0 Å². The highest BCUT2D eigenvalue weighted by atomic mass is 16.5. The Labute approximate surface area is 128 Å². The van der Waals surface area contributed by atoms with Gasteiger partial charge >= 0.3 is 0 Å². The number of carbonyl (C=O) groups is 1. The zero-order chi connectivity index (χ0) is 15.4. The molecule has 0 bridgehead atoms. The lowest BCUT2D eigenvalue weighted by molar-refractivity contribution is -0.122. The van der Waals surface area contributed by atoms with Crippen LogP contribution in [0.15, 0.2) is 28.9 Å². The summed E-state index contributed by atoms with van der Waals surface area (Å²) in [4.78, 5) is 22.2. The second kappa shape index (κ2) is 6.65. The molecule has 0 aromatic carbocycles. The standard InChI is InChI=1S/C15H19N5O2/c1-16-13(21)10-20-8-5-11(6-9-20)15-18-14(19-22-15)12-4-2-3-7-17-12/h2-4,7,11H,5-6,8-10H2,1H3,(H,16,21). The lowest BCUT2D eigenvalue weighted by Gasteiger charge is -2.29. The summed E-state index contributed by atoms with van der Waals surface area (Å²) in [6.07, 6.45) is 3.55. The first kappa shape index (κ1) is 14.6. The summed E-state index contributed by atoms with van der Waals surface area (Å²) in [5, 5.41) is 6.66. The molecule has 3 heterocycles. The Bertz CT molecular complexity index is 620. The number of pyridine rings is 1. The minimum absolute atomic E-state index is 0.0497. The SMILES string of the molecule is CNC(=O)CN1CCC(c2nc(-c3ccccn3)no2)CC1. The van der Waals surface area contributed by atoms with Crippen LogP contribution >= 0.6 is 0 Å².